The van der Waals surface area contributed by atoms with Crippen molar-refractivity contribution in [2.75, 3.05) is 20.6 Å². The van der Waals surface area contributed by atoms with Crippen molar-refractivity contribution in [1.82, 2.24) is 19.7 Å². The maximum absolute atomic E-state index is 10.4. The first kappa shape index (κ1) is 14.5. The van der Waals surface area contributed by atoms with E-state index < -0.39 is 6.10 Å². The summed E-state index contributed by atoms with van der Waals surface area (Å²) in [6.07, 6.45) is 2.48. The van der Waals surface area contributed by atoms with Gasteiger partial charge in [0.15, 0.2) is 0 Å². The molecule has 0 amide bonds. The molecular formula is C12H17ClN4OS. The second-order valence-electron chi connectivity index (χ2n) is 4.59. The first-order valence-corrected chi connectivity index (χ1v) is 7.15. The Hall–Kier alpha value is -0.950. The van der Waals surface area contributed by atoms with Crippen molar-refractivity contribution in [3.63, 3.8) is 0 Å². The molecule has 0 saturated carbocycles. The number of aliphatic hydroxyl groups is 1. The van der Waals surface area contributed by atoms with Crippen LogP contribution >= 0.6 is 22.9 Å². The number of aromatic nitrogens is 3. The second kappa shape index (κ2) is 6.00. The van der Waals surface area contributed by atoms with Gasteiger partial charge in [0, 0.05) is 12.7 Å². The molecule has 5 nitrogen and oxygen atoms in total. The number of rotatable bonds is 5. The van der Waals surface area contributed by atoms with Gasteiger partial charge in [-0.15, -0.1) is 11.3 Å². The molecule has 0 aliphatic heterocycles. The van der Waals surface area contributed by atoms with Crippen LogP contribution in [0.5, 0.6) is 0 Å². The molecule has 1 atom stereocenters. The lowest BCUT2D eigenvalue weighted by molar-refractivity contribution is 0.209. The summed E-state index contributed by atoms with van der Waals surface area (Å²) in [4.78, 5) is 7.00. The molecule has 0 fully saturated rings. The van der Waals surface area contributed by atoms with Crippen LogP contribution in [-0.4, -0.2) is 45.4 Å². The van der Waals surface area contributed by atoms with Crippen LogP contribution in [0.15, 0.2) is 12.4 Å². The van der Waals surface area contributed by atoms with Crippen LogP contribution in [-0.2, 0) is 6.54 Å². The quantitative estimate of drug-likeness (QED) is 0.917. The van der Waals surface area contributed by atoms with E-state index >= 15 is 0 Å². The molecule has 0 aliphatic carbocycles. The molecule has 1 unspecified atom stereocenters. The molecule has 0 spiro atoms. The van der Waals surface area contributed by atoms with Crippen molar-refractivity contribution in [1.29, 1.82) is 0 Å². The van der Waals surface area contributed by atoms with Crippen LogP contribution in [0.2, 0.25) is 5.02 Å². The Morgan fingerprint density at radius 3 is 2.79 bits per heavy atom. The van der Waals surface area contributed by atoms with Crippen molar-refractivity contribution in [2.24, 2.45) is 0 Å². The number of hydrogen-bond acceptors (Lipinski definition) is 5. The van der Waals surface area contributed by atoms with Crippen LogP contribution in [0.25, 0.3) is 0 Å². The molecule has 2 aromatic heterocycles. The number of thiazole rings is 1. The minimum absolute atomic E-state index is 0.484. The molecule has 2 heterocycles. The zero-order valence-corrected chi connectivity index (χ0v) is 12.7. The number of aliphatic hydroxyl groups excluding tert-OH is 1. The zero-order chi connectivity index (χ0) is 14.0. The third-order valence-corrected chi connectivity index (χ3v) is 4.02. The lowest BCUT2D eigenvalue weighted by Crippen LogP contribution is -2.21. The summed E-state index contributed by atoms with van der Waals surface area (Å²) in [6.45, 7) is 3.43. The molecule has 19 heavy (non-hydrogen) atoms. The van der Waals surface area contributed by atoms with Gasteiger partial charge in [-0.2, -0.15) is 5.10 Å². The van der Waals surface area contributed by atoms with Gasteiger partial charge in [-0.3, -0.25) is 4.68 Å². The highest BCUT2D eigenvalue weighted by Crippen LogP contribution is 2.31. The fraction of sp³-hybridized carbons (Fsp3) is 0.500. The van der Waals surface area contributed by atoms with E-state index in [-0.39, 0.29) is 0 Å². The maximum Gasteiger partial charge on any atom is 0.133 e. The fourth-order valence-electron chi connectivity index (χ4n) is 1.76. The monoisotopic (exact) mass is 300 g/mol. The maximum atomic E-state index is 10.4. The number of halogens is 1. The predicted octanol–water partition coefficient (Wildman–Crippen LogP) is 1.94. The highest BCUT2D eigenvalue weighted by Gasteiger charge is 2.21. The molecule has 2 rings (SSSR count). The van der Waals surface area contributed by atoms with E-state index in [1.165, 1.54) is 11.3 Å². The third kappa shape index (κ3) is 3.33. The lowest BCUT2D eigenvalue weighted by Gasteiger charge is -2.15. The zero-order valence-electron chi connectivity index (χ0n) is 11.2. The molecule has 0 aromatic carbocycles. The molecule has 7 heteroatoms. The van der Waals surface area contributed by atoms with Crippen molar-refractivity contribution < 1.29 is 5.11 Å². The summed E-state index contributed by atoms with van der Waals surface area (Å²) >= 11 is 7.60. The molecule has 2 aromatic rings. The van der Waals surface area contributed by atoms with E-state index in [0.29, 0.717) is 17.3 Å². The summed E-state index contributed by atoms with van der Waals surface area (Å²) in [5.74, 6) is 0. The van der Waals surface area contributed by atoms with Gasteiger partial charge in [0.25, 0.3) is 0 Å². The summed E-state index contributed by atoms with van der Waals surface area (Å²) in [5, 5.41) is 16.1. The van der Waals surface area contributed by atoms with Crippen LogP contribution in [0.3, 0.4) is 0 Å². The second-order valence-corrected chi connectivity index (χ2v) is 6.26. The average molecular weight is 301 g/mol. The Labute approximate surface area is 121 Å². The van der Waals surface area contributed by atoms with Gasteiger partial charge >= 0.3 is 0 Å². The van der Waals surface area contributed by atoms with Crippen molar-refractivity contribution >= 4 is 22.9 Å². The molecule has 1 N–H and O–H groups in total. The minimum Gasteiger partial charge on any atom is -0.381 e. The Bertz CT molecular complexity index is 552. The Kier molecular flexibility index (Phi) is 4.57. The molecule has 0 radical (unpaired) electrons. The minimum atomic E-state index is -0.775. The van der Waals surface area contributed by atoms with E-state index in [1.54, 1.807) is 17.1 Å². The third-order valence-electron chi connectivity index (χ3n) is 2.76. The summed E-state index contributed by atoms with van der Waals surface area (Å²) in [7, 11) is 3.99. The van der Waals surface area contributed by atoms with E-state index in [2.05, 4.69) is 15.0 Å². The average Bonchev–Trinajstić information content (AvgIpc) is 2.92. The van der Waals surface area contributed by atoms with Gasteiger partial charge < -0.3 is 10.0 Å². The predicted molar refractivity (Wildman–Crippen MR) is 76.7 cm³/mol. The largest absolute Gasteiger partial charge is 0.381 e. The molecule has 104 valence electrons. The van der Waals surface area contributed by atoms with E-state index in [4.69, 9.17) is 11.6 Å². The van der Waals surface area contributed by atoms with Gasteiger partial charge in [-0.25, -0.2) is 4.98 Å². The topological polar surface area (TPSA) is 54.2 Å². The van der Waals surface area contributed by atoms with Crippen LogP contribution in [0.1, 0.15) is 21.7 Å². The SMILES string of the molecule is Cc1ncc(C(O)c2c(Cl)cnn2CCN(C)C)s1. The van der Waals surface area contributed by atoms with Crippen LogP contribution < -0.4 is 0 Å². The normalized spacial score (nSPS) is 13.2. The Balaban J connectivity index is 2.25. The molecular weight excluding hydrogens is 284 g/mol. The highest BCUT2D eigenvalue weighted by atomic mass is 35.5. The van der Waals surface area contributed by atoms with Crippen LogP contribution in [0, 0.1) is 6.92 Å². The van der Waals surface area contributed by atoms with Gasteiger partial charge in [0.1, 0.15) is 6.10 Å². The smallest absolute Gasteiger partial charge is 0.133 e. The molecule has 0 bridgehead atoms. The number of nitrogens with zero attached hydrogens (tertiary/aromatic N) is 4. The van der Waals surface area contributed by atoms with Crippen molar-refractivity contribution in [3.8, 4) is 0 Å². The van der Waals surface area contributed by atoms with Crippen molar-refractivity contribution in [2.45, 2.75) is 19.6 Å². The van der Waals surface area contributed by atoms with Gasteiger partial charge in [0.2, 0.25) is 0 Å². The Morgan fingerprint density at radius 2 is 2.21 bits per heavy atom. The van der Waals surface area contributed by atoms with Gasteiger partial charge in [0.05, 0.1) is 33.3 Å². The lowest BCUT2D eigenvalue weighted by atomic mass is 10.2. The fourth-order valence-corrected chi connectivity index (χ4v) is 2.78. The summed E-state index contributed by atoms with van der Waals surface area (Å²) < 4.78 is 1.75. The van der Waals surface area contributed by atoms with E-state index in [0.717, 1.165) is 16.4 Å². The molecule has 0 saturated heterocycles. The summed E-state index contributed by atoms with van der Waals surface area (Å²) in [5.41, 5.74) is 0.632. The highest BCUT2D eigenvalue weighted by molar-refractivity contribution is 7.11. The van der Waals surface area contributed by atoms with Crippen molar-refractivity contribution in [3.05, 3.63) is 33.0 Å². The van der Waals surface area contributed by atoms with Gasteiger partial charge in [-0.1, -0.05) is 11.6 Å². The van der Waals surface area contributed by atoms with Gasteiger partial charge in [-0.05, 0) is 21.0 Å². The number of aryl methyl sites for hydroxylation is 1. The number of likely N-dealkylation sites (N-methyl/N-ethyl adjacent to an activating group) is 1. The van der Waals surface area contributed by atoms with E-state index in [1.807, 2.05) is 21.0 Å². The molecule has 0 aliphatic rings. The first-order chi connectivity index (χ1) is 8.99. The first-order valence-electron chi connectivity index (χ1n) is 5.95. The summed E-state index contributed by atoms with van der Waals surface area (Å²) in [6, 6.07) is 0. The standard InChI is InChI=1S/C12H17ClN4OS/c1-8-14-7-10(19-8)12(18)11-9(13)6-15-17(11)5-4-16(2)3/h6-7,12,18H,4-5H2,1-3H3. The number of hydrogen-bond donors (Lipinski definition) is 1. The van der Waals surface area contributed by atoms with E-state index in [9.17, 15) is 5.11 Å². The Morgan fingerprint density at radius 1 is 1.47 bits per heavy atom. The van der Waals surface area contributed by atoms with Crippen LogP contribution in [0.4, 0.5) is 0 Å².